The van der Waals surface area contributed by atoms with Crippen LogP contribution in [0.5, 0.6) is 0 Å². The zero-order chi connectivity index (χ0) is 24.0. The molecule has 178 valence electrons. The Balaban J connectivity index is 1.30. The number of benzene rings is 2. The van der Waals surface area contributed by atoms with Crippen LogP contribution in [0.25, 0.3) is 22.6 Å². The highest BCUT2D eigenvalue weighted by Crippen LogP contribution is 2.40. The Morgan fingerprint density at radius 1 is 1.03 bits per heavy atom. The molecule has 0 unspecified atom stereocenters. The minimum atomic E-state index is -4.40. The molecule has 2 aliphatic heterocycles. The fourth-order valence-corrected chi connectivity index (χ4v) is 4.82. The first-order valence-corrected chi connectivity index (χ1v) is 11.4. The molecule has 2 aliphatic rings. The lowest BCUT2D eigenvalue weighted by Crippen LogP contribution is -2.45. The third kappa shape index (κ3) is 4.07. The summed E-state index contributed by atoms with van der Waals surface area (Å²) in [7, 11) is 0. The fourth-order valence-electron chi connectivity index (χ4n) is 4.82. The molecule has 0 saturated carbocycles. The van der Waals surface area contributed by atoms with E-state index in [1.165, 1.54) is 12.5 Å². The van der Waals surface area contributed by atoms with Crippen LogP contribution in [-0.2, 0) is 6.18 Å². The van der Waals surface area contributed by atoms with Gasteiger partial charge in [-0.05, 0) is 42.8 Å². The summed E-state index contributed by atoms with van der Waals surface area (Å²) in [5.41, 5.74) is 3.14. The number of alkyl halides is 3. The van der Waals surface area contributed by atoms with Crippen molar-refractivity contribution in [2.45, 2.75) is 18.6 Å². The second kappa shape index (κ2) is 8.33. The Morgan fingerprint density at radius 3 is 2.71 bits per heavy atom. The molecule has 2 aromatic heterocycles. The fraction of sp³-hybridized carbons (Fsp3) is 0.231. The SMILES string of the molecule is FC(F)(F)c1cccc(-c2ccc3c(n2)N(CNc2cccc(-c4cnco4)c2)[C@H]2CCN3C2)c1. The second-order valence-corrected chi connectivity index (χ2v) is 8.76. The zero-order valence-corrected chi connectivity index (χ0v) is 18.7. The number of rotatable bonds is 5. The zero-order valence-electron chi connectivity index (χ0n) is 18.7. The van der Waals surface area contributed by atoms with Gasteiger partial charge < -0.3 is 19.5 Å². The summed E-state index contributed by atoms with van der Waals surface area (Å²) in [4.78, 5) is 13.3. The van der Waals surface area contributed by atoms with Crippen molar-refractivity contribution in [3.05, 3.63) is 78.8 Å². The third-order valence-corrected chi connectivity index (χ3v) is 6.59. The lowest BCUT2D eigenvalue weighted by atomic mass is 10.1. The minimum Gasteiger partial charge on any atom is -0.444 e. The van der Waals surface area contributed by atoms with Crippen LogP contribution < -0.4 is 15.1 Å². The van der Waals surface area contributed by atoms with E-state index in [1.807, 2.05) is 30.3 Å². The number of hydrogen-bond acceptors (Lipinski definition) is 6. The van der Waals surface area contributed by atoms with Crippen LogP contribution in [0.3, 0.4) is 0 Å². The van der Waals surface area contributed by atoms with Crippen LogP contribution in [0.4, 0.5) is 30.4 Å². The minimum absolute atomic E-state index is 0.275. The van der Waals surface area contributed by atoms with Crippen molar-refractivity contribution in [3.63, 3.8) is 0 Å². The highest BCUT2D eigenvalue weighted by Gasteiger charge is 2.37. The lowest BCUT2D eigenvalue weighted by Gasteiger charge is -2.37. The first kappa shape index (κ1) is 21.5. The van der Waals surface area contributed by atoms with Crippen molar-refractivity contribution in [1.29, 1.82) is 0 Å². The number of halogens is 3. The summed E-state index contributed by atoms with van der Waals surface area (Å²) in [5, 5.41) is 3.49. The predicted molar refractivity (Wildman–Crippen MR) is 128 cm³/mol. The normalized spacial score (nSPS) is 16.9. The number of fused-ring (bicyclic) bond motifs is 4. The molecule has 2 aromatic carbocycles. The number of anilines is 3. The molecule has 1 saturated heterocycles. The molecule has 0 radical (unpaired) electrons. The molecule has 2 bridgehead atoms. The van der Waals surface area contributed by atoms with Crippen LogP contribution in [0, 0.1) is 0 Å². The topological polar surface area (TPSA) is 57.4 Å². The average Bonchev–Trinajstić information content (AvgIpc) is 3.55. The van der Waals surface area contributed by atoms with Gasteiger partial charge in [0.1, 0.15) is 0 Å². The lowest BCUT2D eigenvalue weighted by molar-refractivity contribution is -0.137. The number of oxazole rings is 1. The molecule has 35 heavy (non-hydrogen) atoms. The molecule has 6 nitrogen and oxygen atoms in total. The van der Waals surface area contributed by atoms with E-state index in [-0.39, 0.29) is 6.04 Å². The summed E-state index contributed by atoms with van der Waals surface area (Å²) in [6, 6.07) is 17.3. The first-order chi connectivity index (χ1) is 17.0. The molecular weight excluding hydrogens is 455 g/mol. The third-order valence-electron chi connectivity index (χ3n) is 6.59. The number of hydrogen-bond donors (Lipinski definition) is 1. The summed E-state index contributed by atoms with van der Waals surface area (Å²) in [6.45, 7) is 2.35. The van der Waals surface area contributed by atoms with Gasteiger partial charge in [-0.25, -0.2) is 9.97 Å². The van der Waals surface area contributed by atoms with Gasteiger partial charge in [-0.2, -0.15) is 13.2 Å². The van der Waals surface area contributed by atoms with Crippen molar-refractivity contribution in [1.82, 2.24) is 9.97 Å². The van der Waals surface area contributed by atoms with Crippen LogP contribution in [0.1, 0.15) is 12.0 Å². The molecule has 1 N–H and O–H groups in total. The van der Waals surface area contributed by atoms with Gasteiger partial charge in [-0.15, -0.1) is 0 Å². The molecule has 4 heterocycles. The number of aromatic nitrogens is 2. The highest BCUT2D eigenvalue weighted by atomic mass is 19.4. The van der Waals surface area contributed by atoms with E-state index < -0.39 is 11.7 Å². The molecule has 0 aliphatic carbocycles. The maximum absolute atomic E-state index is 13.3. The van der Waals surface area contributed by atoms with Crippen LogP contribution in [0.15, 0.2) is 77.7 Å². The summed E-state index contributed by atoms with van der Waals surface area (Å²) in [5.74, 6) is 1.48. The Labute approximate surface area is 200 Å². The van der Waals surface area contributed by atoms with E-state index in [9.17, 15) is 13.2 Å². The van der Waals surface area contributed by atoms with Gasteiger partial charge in [-0.3, -0.25) is 0 Å². The predicted octanol–water partition coefficient (Wildman–Crippen LogP) is 5.89. The van der Waals surface area contributed by atoms with Crippen molar-refractivity contribution >= 4 is 17.2 Å². The van der Waals surface area contributed by atoms with E-state index in [4.69, 9.17) is 9.40 Å². The molecule has 0 spiro atoms. The quantitative estimate of drug-likeness (QED) is 0.387. The molecule has 0 amide bonds. The van der Waals surface area contributed by atoms with E-state index in [0.717, 1.165) is 54.4 Å². The smallest absolute Gasteiger partial charge is 0.416 e. The summed E-state index contributed by atoms with van der Waals surface area (Å²) < 4.78 is 45.2. The highest BCUT2D eigenvalue weighted by molar-refractivity contribution is 5.76. The largest absolute Gasteiger partial charge is 0.444 e. The van der Waals surface area contributed by atoms with Crippen molar-refractivity contribution in [2.75, 3.05) is 34.9 Å². The van der Waals surface area contributed by atoms with E-state index in [1.54, 1.807) is 18.3 Å². The number of nitrogens with zero attached hydrogens (tertiary/aromatic N) is 4. The maximum Gasteiger partial charge on any atom is 0.416 e. The van der Waals surface area contributed by atoms with Gasteiger partial charge in [0.05, 0.1) is 35.9 Å². The van der Waals surface area contributed by atoms with Gasteiger partial charge >= 0.3 is 6.18 Å². The Hall–Kier alpha value is -4.01. The monoisotopic (exact) mass is 477 g/mol. The van der Waals surface area contributed by atoms with E-state index in [0.29, 0.717) is 23.7 Å². The Morgan fingerprint density at radius 2 is 1.89 bits per heavy atom. The van der Waals surface area contributed by atoms with Crippen LogP contribution in [-0.4, -0.2) is 35.8 Å². The van der Waals surface area contributed by atoms with Gasteiger partial charge in [0.15, 0.2) is 18.0 Å². The van der Waals surface area contributed by atoms with Gasteiger partial charge in [0.2, 0.25) is 0 Å². The molecule has 1 atom stereocenters. The molecule has 9 heteroatoms. The standard InChI is InChI=1S/C26H22F3N5O/c27-26(28,29)19-5-1-3-17(11-19)22-7-8-23-25(32-22)34(21-9-10-33(23)14-21)15-31-20-6-2-4-18(12-20)24-13-30-16-35-24/h1-8,11-13,16,21,31H,9-10,14-15H2/t21-/m0/s1. The maximum atomic E-state index is 13.3. The van der Waals surface area contributed by atoms with Crippen molar-refractivity contribution in [3.8, 4) is 22.6 Å². The molecule has 6 rings (SSSR count). The second-order valence-electron chi connectivity index (χ2n) is 8.76. The number of pyridine rings is 1. The first-order valence-electron chi connectivity index (χ1n) is 11.4. The van der Waals surface area contributed by atoms with Crippen molar-refractivity contribution in [2.24, 2.45) is 0 Å². The van der Waals surface area contributed by atoms with Gasteiger partial charge in [-0.1, -0.05) is 24.3 Å². The van der Waals surface area contributed by atoms with Crippen LogP contribution >= 0.6 is 0 Å². The number of nitrogens with one attached hydrogen (secondary N) is 1. The molecular formula is C26H22F3N5O. The molecule has 4 aromatic rings. The van der Waals surface area contributed by atoms with Gasteiger partial charge in [0.25, 0.3) is 0 Å². The Bertz CT molecular complexity index is 1360. The average molecular weight is 477 g/mol. The van der Waals surface area contributed by atoms with Crippen molar-refractivity contribution < 1.29 is 17.6 Å². The summed E-state index contributed by atoms with van der Waals surface area (Å²) in [6.07, 6.45) is -0.327. The van der Waals surface area contributed by atoms with Gasteiger partial charge in [0, 0.05) is 29.9 Å². The Kier molecular flexibility index (Phi) is 5.12. The molecule has 1 fully saturated rings. The summed E-state index contributed by atoms with van der Waals surface area (Å²) >= 11 is 0. The van der Waals surface area contributed by atoms with E-state index >= 15 is 0 Å². The van der Waals surface area contributed by atoms with E-state index in [2.05, 4.69) is 20.1 Å². The van der Waals surface area contributed by atoms with Crippen LogP contribution in [0.2, 0.25) is 0 Å².